The summed E-state index contributed by atoms with van der Waals surface area (Å²) >= 11 is 0. The molecule has 1 aliphatic rings. The molecule has 4 nitrogen and oxygen atoms in total. The molecule has 4 heteroatoms. The van der Waals surface area contributed by atoms with Gasteiger partial charge in [-0.1, -0.05) is 6.92 Å². The Kier molecular flexibility index (Phi) is 6.52. The number of likely N-dealkylation sites (tertiary alicyclic amines) is 1. The van der Waals surface area contributed by atoms with Gasteiger partial charge in [0.2, 0.25) is 0 Å². The summed E-state index contributed by atoms with van der Waals surface area (Å²) < 4.78 is 1.09. The van der Waals surface area contributed by atoms with Crippen LogP contribution in [0.2, 0.25) is 0 Å². The van der Waals surface area contributed by atoms with Crippen LogP contribution < -0.4 is 5.11 Å². The zero-order valence-electron chi connectivity index (χ0n) is 10.0. The molecular weight excluding hydrogens is 194 g/mol. The zero-order valence-corrected chi connectivity index (χ0v) is 10.0. The fourth-order valence-electron chi connectivity index (χ4n) is 1.92. The fourth-order valence-corrected chi connectivity index (χ4v) is 1.92. The molecule has 0 spiro atoms. The highest BCUT2D eigenvalue weighted by Crippen LogP contribution is 2.17. The minimum absolute atomic E-state index is 0.0851. The van der Waals surface area contributed by atoms with Gasteiger partial charge < -0.3 is 19.5 Å². The van der Waals surface area contributed by atoms with Crippen molar-refractivity contribution in [3.05, 3.63) is 0 Å². The maximum atomic E-state index is 9.47. The predicted octanol–water partition coefficient (Wildman–Crippen LogP) is -0.246. The van der Waals surface area contributed by atoms with Crippen molar-refractivity contribution in [2.24, 2.45) is 0 Å². The number of rotatable bonds is 3. The van der Waals surface area contributed by atoms with E-state index in [9.17, 15) is 5.11 Å². The second-order valence-electron chi connectivity index (χ2n) is 4.51. The summed E-state index contributed by atoms with van der Waals surface area (Å²) in [6.07, 6.45) is 3.49. The second-order valence-corrected chi connectivity index (χ2v) is 4.51. The quantitative estimate of drug-likeness (QED) is 0.663. The Morgan fingerprint density at radius 3 is 2.20 bits per heavy atom. The number of hydrogen-bond donors (Lipinski definition) is 1. The molecule has 0 aromatic carbocycles. The summed E-state index contributed by atoms with van der Waals surface area (Å²) in [5, 5.41) is 18.4. The maximum absolute atomic E-state index is 9.47. The number of carbonyl (C=O) groups is 1. The lowest BCUT2D eigenvalue weighted by atomic mass is 10.2. The van der Waals surface area contributed by atoms with Gasteiger partial charge in [-0.3, -0.25) is 0 Å². The third kappa shape index (κ3) is 7.33. The van der Waals surface area contributed by atoms with Crippen LogP contribution in [0.4, 0.5) is 0 Å². The Morgan fingerprint density at radius 2 is 1.87 bits per heavy atom. The number of aliphatic hydroxyl groups is 1. The van der Waals surface area contributed by atoms with Crippen LogP contribution in [0.3, 0.4) is 0 Å². The molecule has 1 atom stereocenters. The first-order valence-electron chi connectivity index (χ1n) is 5.59. The number of quaternary nitrogens is 1. The van der Waals surface area contributed by atoms with Gasteiger partial charge in [0.05, 0.1) is 20.1 Å². The summed E-state index contributed by atoms with van der Waals surface area (Å²) in [4.78, 5) is 8.89. The molecule has 90 valence electrons. The van der Waals surface area contributed by atoms with E-state index in [0.717, 1.165) is 24.4 Å². The number of aliphatic hydroxyl groups excluding tert-OH is 1. The van der Waals surface area contributed by atoms with Crippen LogP contribution in [0.25, 0.3) is 0 Å². The smallest absolute Gasteiger partial charge is 0.105 e. The highest BCUT2D eigenvalue weighted by atomic mass is 16.4. The SMILES string of the molecule is CC(=O)[O-].CCC(O)C[N+]1(C)CCCC1. The number of hydrogen-bond acceptors (Lipinski definition) is 3. The molecule has 0 radical (unpaired) electrons. The van der Waals surface area contributed by atoms with Crippen molar-refractivity contribution in [1.82, 2.24) is 0 Å². The molecule has 1 N–H and O–H groups in total. The van der Waals surface area contributed by atoms with Crippen molar-refractivity contribution in [3.8, 4) is 0 Å². The van der Waals surface area contributed by atoms with E-state index in [4.69, 9.17) is 9.90 Å². The lowest BCUT2D eigenvalue weighted by Crippen LogP contribution is -2.46. The molecular formula is C11H23NO3. The van der Waals surface area contributed by atoms with E-state index in [2.05, 4.69) is 7.05 Å². The Morgan fingerprint density at radius 1 is 1.47 bits per heavy atom. The lowest BCUT2D eigenvalue weighted by Gasteiger charge is -2.30. The van der Waals surface area contributed by atoms with Gasteiger partial charge in [0.1, 0.15) is 12.6 Å². The zero-order chi connectivity index (χ0) is 11.9. The van der Waals surface area contributed by atoms with E-state index in [-0.39, 0.29) is 6.10 Å². The molecule has 1 unspecified atom stereocenters. The molecule has 0 bridgehead atoms. The standard InChI is InChI=1S/C9H20NO.C2H4O2/c1-3-9(11)8-10(2)6-4-5-7-10;1-2(3)4/h9,11H,3-8H2,1-2H3;1H3,(H,3,4)/q+1;/p-1. The van der Waals surface area contributed by atoms with Crippen molar-refractivity contribution in [2.75, 3.05) is 26.7 Å². The summed E-state index contributed by atoms with van der Waals surface area (Å²) in [6, 6.07) is 0. The molecule has 0 aromatic rings. The van der Waals surface area contributed by atoms with Crippen LogP contribution in [0.15, 0.2) is 0 Å². The maximum Gasteiger partial charge on any atom is 0.105 e. The first-order valence-corrected chi connectivity index (χ1v) is 5.59. The third-order valence-electron chi connectivity index (χ3n) is 2.77. The van der Waals surface area contributed by atoms with Gasteiger partial charge in [0, 0.05) is 18.8 Å². The number of aliphatic carboxylic acids is 1. The topological polar surface area (TPSA) is 60.4 Å². The highest BCUT2D eigenvalue weighted by Gasteiger charge is 2.28. The molecule has 1 saturated heterocycles. The van der Waals surface area contributed by atoms with Crippen LogP contribution in [-0.4, -0.2) is 48.3 Å². The van der Waals surface area contributed by atoms with Crippen LogP contribution >= 0.6 is 0 Å². The largest absolute Gasteiger partial charge is 0.550 e. The summed E-state index contributed by atoms with van der Waals surface area (Å²) in [5.41, 5.74) is 0. The lowest BCUT2D eigenvalue weighted by molar-refractivity contribution is -0.900. The molecule has 0 aromatic heterocycles. The number of carboxylic acid groups (broad SMARTS) is 1. The van der Waals surface area contributed by atoms with Gasteiger partial charge >= 0.3 is 0 Å². The van der Waals surface area contributed by atoms with E-state index >= 15 is 0 Å². The molecule has 1 rings (SSSR count). The van der Waals surface area contributed by atoms with Gasteiger partial charge in [-0.25, -0.2) is 0 Å². The minimum Gasteiger partial charge on any atom is -0.550 e. The van der Waals surface area contributed by atoms with Crippen molar-refractivity contribution in [2.45, 2.75) is 39.2 Å². The Bertz CT molecular complexity index is 184. The van der Waals surface area contributed by atoms with E-state index in [1.165, 1.54) is 25.9 Å². The predicted molar refractivity (Wildman–Crippen MR) is 57.0 cm³/mol. The van der Waals surface area contributed by atoms with Gasteiger partial charge in [0.15, 0.2) is 0 Å². The first kappa shape index (κ1) is 14.4. The minimum atomic E-state index is -1.08. The van der Waals surface area contributed by atoms with E-state index in [0.29, 0.717) is 0 Å². The highest BCUT2D eigenvalue weighted by molar-refractivity contribution is 5.60. The monoisotopic (exact) mass is 217 g/mol. The number of likely N-dealkylation sites (N-methyl/N-ethyl adjacent to an activating group) is 1. The van der Waals surface area contributed by atoms with Gasteiger partial charge in [-0.2, -0.15) is 0 Å². The molecule has 15 heavy (non-hydrogen) atoms. The van der Waals surface area contributed by atoms with Crippen LogP contribution in [0.5, 0.6) is 0 Å². The third-order valence-corrected chi connectivity index (χ3v) is 2.77. The Labute approximate surface area is 92.1 Å². The van der Waals surface area contributed by atoms with Crippen LogP contribution in [0.1, 0.15) is 33.1 Å². The average molecular weight is 217 g/mol. The normalized spacial score (nSPS) is 20.3. The molecule has 1 aliphatic heterocycles. The molecule has 0 aliphatic carbocycles. The second kappa shape index (κ2) is 6.80. The van der Waals surface area contributed by atoms with Crippen LogP contribution in [0, 0.1) is 0 Å². The Hall–Kier alpha value is -0.610. The number of nitrogens with zero attached hydrogens (tertiary/aromatic N) is 1. The van der Waals surface area contributed by atoms with E-state index in [1.807, 2.05) is 6.92 Å². The number of carbonyl (C=O) groups excluding carboxylic acids is 1. The van der Waals surface area contributed by atoms with Gasteiger partial charge in [-0.15, -0.1) is 0 Å². The summed E-state index contributed by atoms with van der Waals surface area (Å²) in [5.74, 6) is -1.08. The van der Waals surface area contributed by atoms with Crippen molar-refractivity contribution in [3.63, 3.8) is 0 Å². The van der Waals surface area contributed by atoms with Crippen molar-refractivity contribution < 1.29 is 19.5 Å². The van der Waals surface area contributed by atoms with Crippen molar-refractivity contribution >= 4 is 5.97 Å². The van der Waals surface area contributed by atoms with E-state index in [1.54, 1.807) is 0 Å². The van der Waals surface area contributed by atoms with E-state index < -0.39 is 5.97 Å². The summed E-state index contributed by atoms with van der Waals surface area (Å²) in [6.45, 7) is 6.50. The number of carboxylic acids is 1. The van der Waals surface area contributed by atoms with Gasteiger partial charge in [0.25, 0.3) is 0 Å². The summed E-state index contributed by atoms with van der Waals surface area (Å²) in [7, 11) is 2.26. The molecule has 0 amide bonds. The average Bonchev–Trinajstić information content (AvgIpc) is 2.50. The first-order chi connectivity index (χ1) is 6.89. The molecule has 0 saturated carbocycles. The Balaban J connectivity index is 0.000000423. The van der Waals surface area contributed by atoms with Crippen molar-refractivity contribution in [1.29, 1.82) is 0 Å². The fraction of sp³-hybridized carbons (Fsp3) is 0.909. The molecule has 1 heterocycles. The van der Waals surface area contributed by atoms with Gasteiger partial charge in [-0.05, 0) is 13.3 Å². The van der Waals surface area contributed by atoms with Crippen LogP contribution in [-0.2, 0) is 4.79 Å². The molecule has 1 fully saturated rings.